The van der Waals surface area contributed by atoms with E-state index in [1.165, 1.54) is 11.4 Å². The molecule has 8 heteroatoms. The number of quaternary nitrogens is 2. The van der Waals surface area contributed by atoms with E-state index in [1.807, 2.05) is 0 Å². The third kappa shape index (κ3) is 2.55. The smallest absolute Gasteiger partial charge is 0.379 e. The van der Waals surface area contributed by atoms with Crippen LogP contribution in [0.3, 0.4) is 0 Å². The lowest BCUT2D eigenvalue weighted by atomic mass is 10.0. The van der Waals surface area contributed by atoms with Crippen molar-refractivity contribution < 1.29 is 23.4 Å². The zero-order valence-electron chi connectivity index (χ0n) is 13.1. The van der Waals surface area contributed by atoms with E-state index in [-0.39, 0.29) is 11.3 Å². The SMILES string of the molecule is Cc1cc(C)c(C2=CC3(C(F)(F)F)[NH2+]CC[NH+]3CCN2)c(=O)[nH]1. The van der Waals surface area contributed by atoms with Crippen LogP contribution >= 0.6 is 0 Å². The molecule has 1 saturated heterocycles. The number of aryl methyl sites for hydroxylation is 2. The van der Waals surface area contributed by atoms with Gasteiger partial charge >= 0.3 is 11.8 Å². The molecule has 2 unspecified atom stereocenters. The Balaban J connectivity index is 2.18. The fourth-order valence-corrected chi connectivity index (χ4v) is 3.69. The first kappa shape index (κ1) is 16.1. The van der Waals surface area contributed by atoms with Gasteiger partial charge in [0.15, 0.2) is 0 Å². The first-order valence-corrected chi connectivity index (χ1v) is 7.68. The normalized spacial score (nSPS) is 27.9. The first-order valence-electron chi connectivity index (χ1n) is 7.68. The number of nitrogens with two attached hydrogens (primary N) is 1. The molecule has 0 aliphatic carbocycles. The summed E-state index contributed by atoms with van der Waals surface area (Å²) in [6.07, 6.45) is -3.18. The number of fused-ring (bicyclic) bond motifs is 1. The average Bonchev–Trinajstić information content (AvgIpc) is 2.73. The van der Waals surface area contributed by atoms with Gasteiger partial charge in [0, 0.05) is 5.69 Å². The molecule has 5 N–H and O–H groups in total. The molecule has 0 amide bonds. The molecule has 2 atom stereocenters. The molecule has 1 aromatic rings. The molecular formula is C15H21F3N4O+2. The van der Waals surface area contributed by atoms with Crippen LogP contribution in [0.25, 0.3) is 5.70 Å². The highest BCUT2D eigenvalue weighted by atomic mass is 19.4. The van der Waals surface area contributed by atoms with Crippen molar-refractivity contribution in [2.24, 2.45) is 0 Å². The molecular weight excluding hydrogens is 309 g/mol. The molecule has 0 aromatic carbocycles. The van der Waals surface area contributed by atoms with Gasteiger partial charge in [0.2, 0.25) is 0 Å². The van der Waals surface area contributed by atoms with Crippen molar-refractivity contribution in [3.8, 4) is 0 Å². The monoisotopic (exact) mass is 330 g/mol. The van der Waals surface area contributed by atoms with Gasteiger partial charge in [-0.1, -0.05) is 0 Å². The van der Waals surface area contributed by atoms with Crippen LogP contribution < -0.4 is 21.1 Å². The van der Waals surface area contributed by atoms with Crippen molar-refractivity contribution in [3.63, 3.8) is 0 Å². The van der Waals surface area contributed by atoms with Crippen LogP contribution in [0.5, 0.6) is 0 Å². The molecule has 0 saturated carbocycles. The number of nitrogens with one attached hydrogen (secondary N) is 3. The van der Waals surface area contributed by atoms with Gasteiger partial charge in [-0.25, -0.2) is 0 Å². The van der Waals surface area contributed by atoms with Gasteiger partial charge < -0.3 is 10.3 Å². The Morgan fingerprint density at radius 2 is 2.04 bits per heavy atom. The van der Waals surface area contributed by atoms with Gasteiger partial charge in [-0.3, -0.25) is 15.0 Å². The minimum Gasteiger partial charge on any atom is -0.379 e. The second-order valence-electron chi connectivity index (χ2n) is 6.29. The van der Waals surface area contributed by atoms with Gasteiger partial charge in [0.05, 0.1) is 23.9 Å². The second-order valence-corrected chi connectivity index (χ2v) is 6.29. The van der Waals surface area contributed by atoms with E-state index in [0.717, 1.165) is 0 Å². The summed E-state index contributed by atoms with van der Waals surface area (Å²) in [7, 11) is 0. The Morgan fingerprint density at radius 1 is 1.30 bits per heavy atom. The summed E-state index contributed by atoms with van der Waals surface area (Å²) in [6, 6.07) is 1.77. The largest absolute Gasteiger partial charge is 0.507 e. The predicted octanol–water partition coefficient (Wildman–Crippen LogP) is -1.34. The Morgan fingerprint density at radius 3 is 2.70 bits per heavy atom. The molecule has 5 nitrogen and oxygen atoms in total. The van der Waals surface area contributed by atoms with Gasteiger partial charge in [-0.05, 0) is 25.5 Å². The van der Waals surface area contributed by atoms with E-state index < -0.39 is 11.8 Å². The Labute approximate surface area is 131 Å². The molecule has 0 radical (unpaired) electrons. The molecule has 2 aliphatic rings. The fraction of sp³-hybridized carbons (Fsp3) is 0.533. The molecule has 23 heavy (non-hydrogen) atoms. The van der Waals surface area contributed by atoms with Crippen LogP contribution in [0.4, 0.5) is 13.2 Å². The van der Waals surface area contributed by atoms with Crippen molar-refractivity contribution in [1.82, 2.24) is 10.3 Å². The van der Waals surface area contributed by atoms with Crippen molar-refractivity contribution in [3.05, 3.63) is 39.3 Å². The maximum Gasteiger partial charge on any atom is 0.507 e. The van der Waals surface area contributed by atoms with Crippen LogP contribution in [0.2, 0.25) is 0 Å². The number of aromatic amines is 1. The van der Waals surface area contributed by atoms with Crippen molar-refractivity contribution in [1.29, 1.82) is 0 Å². The lowest BCUT2D eigenvalue weighted by Gasteiger charge is -2.29. The summed E-state index contributed by atoms with van der Waals surface area (Å²) >= 11 is 0. The number of hydrogen-bond donors (Lipinski definition) is 4. The molecule has 3 rings (SSSR count). The number of aromatic nitrogens is 1. The molecule has 1 fully saturated rings. The molecule has 1 aromatic heterocycles. The van der Waals surface area contributed by atoms with Crippen LogP contribution in [0, 0.1) is 13.8 Å². The van der Waals surface area contributed by atoms with E-state index in [9.17, 15) is 18.0 Å². The topological polar surface area (TPSA) is 65.9 Å². The number of hydrogen-bond acceptors (Lipinski definition) is 2. The molecule has 0 spiro atoms. The van der Waals surface area contributed by atoms with Crippen LogP contribution in [-0.2, 0) is 0 Å². The summed E-state index contributed by atoms with van der Waals surface area (Å²) in [6.45, 7) is 5.13. The maximum absolute atomic E-state index is 13.8. The second kappa shape index (κ2) is 5.38. The highest BCUT2D eigenvalue weighted by Crippen LogP contribution is 2.28. The standard InChI is InChI=1S/C15H19F3N4O/c1-9-7-10(2)21-13(23)12(9)11-8-14(15(16,17)18)20-4-6-22(14)5-3-19-11/h7-8,19-20H,3-6H2,1-2H3,(H,21,23)/p+2. The third-order valence-corrected chi connectivity index (χ3v) is 4.72. The summed E-state index contributed by atoms with van der Waals surface area (Å²) < 4.78 is 41.4. The third-order valence-electron chi connectivity index (χ3n) is 4.72. The molecule has 126 valence electrons. The van der Waals surface area contributed by atoms with E-state index in [0.29, 0.717) is 47.9 Å². The van der Waals surface area contributed by atoms with E-state index >= 15 is 0 Å². The van der Waals surface area contributed by atoms with Gasteiger partial charge in [-0.15, -0.1) is 0 Å². The van der Waals surface area contributed by atoms with Crippen LogP contribution in [0.1, 0.15) is 16.8 Å². The Bertz CT molecular complexity index is 710. The zero-order valence-corrected chi connectivity index (χ0v) is 13.1. The highest BCUT2D eigenvalue weighted by Gasteiger charge is 2.68. The van der Waals surface area contributed by atoms with E-state index in [2.05, 4.69) is 10.3 Å². The molecule has 3 heterocycles. The number of pyridine rings is 1. The van der Waals surface area contributed by atoms with Crippen molar-refractivity contribution >= 4 is 5.70 Å². The predicted molar refractivity (Wildman–Crippen MR) is 78.8 cm³/mol. The molecule has 0 bridgehead atoms. The fourth-order valence-electron chi connectivity index (χ4n) is 3.69. The first-order chi connectivity index (χ1) is 10.7. The number of H-pyrrole nitrogens is 1. The average molecular weight is 330 g/mol. The summed E-state index contributed by atoms with van der Waals surface area (Å²) in [5.41, 5.74) is -0.454. The van der Waals surface area contributed by atoms with Crippen molar-refractivity contribution in [2.45, 2.75) is 25.7 Å². The lowest BCUT2D eigenvalue weighted by Crippen LogP contribution is -3.28. The number of alkyl halides is 3. The summed E-state index contributed by atoms with van der Waals surface area (Å²) in [4.78, 5) is 15.4. The van der Waals surface area contributed by atoms with Crippen LogP contribution in [0.15, 0.2) is 16.9 Å². The van der Waals surface area contributed by atoms with Crippen LogP contribution in [-0.4, -0.2) is 43.0 Å². The lowest BCUT2D eigenvalue weighted by molar-refractivity contribution is -1.03. The quantitative estimate of drug-likeness (QED) is 0.515. The van der Waals surface area contributed by atoms with Gasteiger partial charge in [0.25, 0.3) is 5.56 Å². The van der Waals surface area contributed by atoms with Gasteiger partial charge in [-0.2, -0.15) is 13.2 Å². The minimum absolute atomic E-state index is 0.272. The number of rotatable bonds is 1. The van der Waals surface area contributed by atoms with E-state index in [1.54, 1.807) is 19.9 Å². The Kier molecular flexibility index (Phi) is 3.76. The minimum atomic E-state index is -4.39. The highest BCUT2D eigenvalue weighted by molar-refractivity contribution is 5.67. The van der Waals surface area contributed by atoms with E-state index in [4.69, 9.17) is 0 Å². The summed E-state index contributed by atoms with van der Waals surface area (Å²) in [5, 5.41) is 4.37. The number of halogens is 3. The Hall–Kier alpha value is -1.80. The maximum atomic E-state index is 13.8. The van der Waals surface area contributed by atoms with Crippen molar-refractivity contribution in [2.75, 3.05) is 26.2 Å². The summed E-state index contributed by atoms with van der Waals surface area (Å²) in [5.74, 6) is 0. The van der Waals surface area contributed by atoms with Gasteiger partial charge in [0.1, 0.15) is 19.6 Å². The zero-order chi connectivity index (χ0) is 16.8. The molecule has 2 aliphatic heterocycles.